The molecule has 0 radical (unpaired) electrons. The zero-order valence-corrected chi connectivity index (χ0v) is 12.4. The predicted octanol–water partition coefficient (Wildman–Crippen LogP) is 0.708. The Bertz CT molecular complexity index is 478. The highest BCUT2D eigenvalue weighted by atomic mass is 16.2. The first kappa shape index (κ1) is 14.5. The topological polar surface area (TPSA) is 65.2 Å². The lowest BCUT2D eigenvalue weighted by Gasteiger charge is -2.32. The van der Waals surface area contributed by atoms with Crippen LogP contribution in [0.25, 0.3) is 0 Å². The number of carbonyl (C=O) groups is 1. The molecule has 0 aliphatic carbocycles. The van der Waals surface area contributed by atoms with Gasteiger partial charge in [-0.2, -0.15) is 0 Å². The molecule has 0 spiro atoms. The quantitative estimate of drug-likeness (QED) is 0.661. The van der Waals surface area contributed by atoms with Gasteiger partial charge in [0.05, 0.1) is 12.0 Å². The van der Waals surface area contributed by atoms with Gasteiger partial charge in [0, 0.05) is 18.6 Å². The molecule has 2 aliphatic heterocycles. The molecule has 21 heavy (non-hydrogen) atoms. The highest BCUT2D eigenvalue weighted by Crippen LogP contribution is 2.25. The third kappa shape index (κ3) is 3.26. The number of piperidine rings is 1. The Balaban J connectivity index is 1.66. The molecule has 4 atom stereocenters. The van der Waals surface area contributed by atoms with Crippen molar-refractivity contribution >= 4 is 5.91 Å². The molecule has 2 aliphatic rings. The van der Waals surface area contributed by atoms with E-state index in [1.807, 2.05) is 18.2 Å². The van der Waals surface area contributed by atoms with Gasteiger partial charge in [0.15, 0.2) is 0 Å². The van der Waals surface area contributed by atoms with Crippen LogP contribution in [0.4, 0.5) is 0 Å². The molecule has 5 heteroatoms. The maximum Gasteiger partial charge on any atom is 0.226 e. The molecule has 4 unspecified atom stereocenters. The molecule has 5 nitrogen and oxygen atoms in total. The van der Waals surface area contributed by atoms with Crippen molar-refractivity contribution in [1.82, 2.24) is 21.5 Å². The fraction of sp³-hybridized carbons (Fsp3) is 0.562. The first-order valence-corrected chi connectivity index (χ1v) is 7.83. The summed E-state index contributed by atoms with van der Waals surface area (Å²) < 4.78 is 0. The molecular weight excluding hydrogens is 264 g/mol. The first-order valence-electron chi connectivity index (χ1n) is 7.83. The molecule has 0 bridgehead atoms. The fourth-order valence-corrected chi connectivity index (χ4v) is 3.25. The molecule has 1 amide bonds. The summed E-state index contributed by atoms with van der Waals surface area (Å²) in [5.74, 6) is 0.0726. The lowest BCUT2D eigenvalue weighted by molar-refractivity contribution is -0.126. The summed E-state index contributed by atoms with van der Waals surface area (Å²) in [6.45, 7) is 3.86. The number of amides is 1. The van der Waals surface area contributed by atoms with Gasteiger partial charge in [-0.15, -0.1) is 0 Å². The van der Waals surface area contributed by atoms with Crippen LogP contribution in [0, 0.1) is 5.92 Å². The fourth-order valence-electron chi connectivity index (χ4n) is 3.25. The van der Waals surface area contributed by atoms with Gasteiger partial charge in [-0.05, 0) is 31.9 Å². The van der Waals surface area contributed by atoms with E-state index in [1.54, 1.807) is 0 Å². The number of hydrogen-bond acceptors (Lipinski definition) is 4. The van der Waals surface area contributed by atoms with Crippen LogP contribution in [0.3, 0.4) is 0 Å². The van der Waals surface area contributed by atoms with Gasteiger partial charge < -0.3 is 10.6 Å². The van der Waals surface area contributed by atoms with Crippen molar-refractivity contribution in [2.75, 3.05) is 13.1 Å². The van der Waals surface area contributed by atoms with E-state index in [2.05, 4.69) is 40.5 Å². The summed E-state index contributed by atoms with van der Waals surface area (Å²) in [5.41, 5.74) is 7.50. The van der Waals surface area contributed by atoms with Crippen LogP contribution in [-0.2, 0) is 4.79 Å². The van der Waals surface area contributed by atoms with Crippen molar-refractivity contribution < 1.29 is 4.79 Å². The van der Waals surface area contributed by atoms with E-state index in [0.29, 0.717) is 12.6 Å². The molecule has 4 N–H and O–H groups in total. The van der Waals surface area contributed by atoms with Crippen molar-refractivity contribution in [2.45, 2.75) is 37.9 Å². The predicted molar refractivity (Wildman–Crippen MR) is 82.4 cm³/mol. The van der Waals surface area contributed by atoms with Crippen LogP contribution in [0.15, 0.2) is 30.3 Å². The SMILES string of the molecule is CC1NCCCC1NC(=O)C1CNNC1c1ccccc1. The normalized spacial score (nSPS) is 32.8. The minimum Gasteiger partial charge on any atom is -0.351 e. The number of hydrazine groups is 1. The van der Waals surface area contributed by atoms with E-state index in [0.717, 1.165) is 24.9 Å². The van der Waals surface area contributed by atoms with Gasteiger partial charge >= 0.3 is 0 Å². The summed E-state index contributed by atoms with van der Waals surface area (Å²) in [4.78, 5) is 12.6. The Kier molecular flexibility index (Phi) is 4.53. The van der Waals surface area contributed by atoms with Crippen LogP contribution in [-0.4, -0.2) is 31.1 Å². The average Bonchev–Trinajstić information content (AvgIpc) is 3.00. The van der Waals surface area contributed by atoms with Crippen molar-refractivity contribution in [3.05, 3.63) is 35.9 Å². The standard InChI is InChI=1S/C16H24N4O/c1-11-14(8-5-9-17-11)19-16(21)13-10-18-20-15(13)12-6-3-2-4-7-12/h2-4,6-7,11,13-15,17-18,20H,5,8-10H2,1H3,(H,19,21). The van der Waals surface area contributed by atoms with Crippen LogP contribution in [0.2, 0.25) is 0 Å². The smallest absolute Gasteiger partial charge is 0.226 e. The van der Waals surface area contributed by atoms with E-state index in [4.69, 9.17) is 0 Å². The van der Waals surface area contributed by atoms with E-state index in [-0.39, 0.29) is 23.9 Å². The van der Waals surface area contributed by atoms with Crippen LogP contribution >= 0.6 is 0 Å². The van der Waals surface area contributed by atoms with Crippen molar-refractivity contribution in [1.29, 1.82) is 0 Å². The monoisotopic (exact) mass is 288 g/mol. The minimum atomic E-state index is -0.0680. The lowest BCUT2D eigenvalue weighted by Crippen LogP contribution is -2.53. The van der Waals surface area contributed by atoms with Gasteiger partial charge in [0.1, 0.15) is 0 Å². The van der Waals surface area contributed by atoms with Gasteiger partial charge in [0.25, 0.3) is 0 Å². The zero-order valence-electron chi connectivity index (χ0n) is 12.4. The second kappa shape index (κ2) is 6.56. The number of nitrogens with one attached hydrogen (secondary N) is 4. The summed E-state index contributed by atoms with van der Waals surface area (Å²) in [5, 5.41) is 6.65. The van der Waals surface area contributed by atoms with Gasteiger partial charge in [-0.1, -0.05) is 30.3 Å². The van der Waals surface area contributed by atoms with Crippen LogP contribution in [0.5, 0.6) is 0 Å². The summed E-state index contributed by atoms with van der Waals surface area (Å²) in [6.07, 6.45) is 2.18. The van der Waals surface area contributed by atoms with E-state index < -0.39 is 0 Å². The summed E-state index contributed by atoms with van der Waals surface area (Å²) >= 11 is 0. The van der Waals surface area contributed by atoms with E-state index in [9.17, 15) is 4.79 Å². The van der Waals surface area contributed by atoms with Gasteiger partial charge in [-0.25, -0.2) is 5.43 Å². The minimum absolute atomic E-state index is 0.0399. The summed E-state index contributed by atoms with van der Waals surface area (Å²) in [6, 6.07) is 10.8. The first-order chi connectivity index (χ1) is 10.3. The van der Waals surface area contributed by atoms with Crippen LogP contribution < -0.4 is 21.5 Å². The number of carbonyl (C=O) groups excluding carboxylic acids is 1. The van der Waals surface area contributed by atoms with Crippen molar-refractivity contribution in [2.24, 2.45) is 5.92 Å². The van der Waals surface area contributed by atoms with Crippen molar-refractivity contribution in [3.8, 4) is 0 Å². The second-order valence-electron chi connectivity index (χ2n) is 6.02. The Labute approximate surface area is 125 Å². The number of benzene rings is 1. The molecule has 0 saturated carbocycles. The Morgan fingerprint density at radius 3 is 2.86 bits per heavy atom. The highest BCUT2D eigenvalue weighted by Gasteiger charge is 2.35. The number of rotatable bonds is 3. The highest BCUT2D eigenvalue weighted by molar-refractivity contribution is 5.80. The molecule has 2 saturated heterocycles. The number of hydrogen-bond donors (Lipinski definition) is 4. The second-order valence-corrected chi connectivity index (χ2v) is 6.02. The molecular formula is C16H24N4O. The molecule has 1 aromatic rings. The maximum absolute atomic E-state index is 12.6. The van der Waals surface area contributed by atoms with E-state index >= 15 is 0 Å². The van der Waals surface area contributed by atoms with Gasteiger partial charge in [0.2, 0.25) is 5.91 Å². The molecule has 3 rings (SSSR count). The summed E-state index contributed by atoms with van der Waals surface area (Å²) in [7, 11) is 0. The van der Waals surface area contributed by atoms with Crippen LogP contribution in [0.1, 0.15) is 31.4 Å². The average molecular weight is 288 g/mol. The third-order valence-electron chi connectivity index (χ3n) is 4.57. The molecule has 2 fully saturated rings. The molecule has 2 heterocycles. The Hall–Kier alpha value is -1.43. The largest absolute Gasteiger partial charge is 0.351 e. The Morgan fingerprint density at radius 1 is 1.29 bits per heavy atom. The lowest BCUT2D eigenvalue weighted by atomic mass is 9.92. The van der Waals surface area contributed by atoms with Crippen molar-refractivity contribution in [3.63, 3.8) is 0 Å². The Morgan fingerprint density at radius 2 is 2.10 bits per heavy atom. The van der Waals surface area contributed by atoms with Gasteiger partial charge in [-0.3, -0.25) is 10.2 Å². The zero-order chi connectivity index (χ0) is 14.7. The molecule has 0 aromatic heterocycles. The third-order valence-corrected chi connectivity index (χ3v) is 4.57. The molecule has 1 aromatic carbocycles. The van der Waals surface area contributed by atoms with E-state index in [1.165, 1.54) is 0 Å². The maximum atomic E-state index is 12.6. The molecule has 114 valence electrons.